The van der Waals surface area contributed by atoms with E-state index >= 15 is 0 Å². The van der Waals surface area contributed by atoms with Crippen molar-refractivity contribution in [2.45, 2.75) is 18.9 Å². The summed E-state index contributed by atoms with van der Waals surface area (Å²) in [5.41, 5.74) is 7.56. The Kier molecular flexibility index (Phi) is 3.51. The second kappa shape index (κ2) is 5.07. The van der Waals surface area contributed by atoms with Gasteiger partial charge >= 0.3 is 0 Å². The molecule has 1 aromatic rings. The fourth-order valence-corrected chi connectivity index (χ4v) is 1.96. The van der Waals surface area contributed by atoms with Gasteiger partial charge in [0.2, 0.25) is 0 Å². The average molecular weight is 221 g/mol. The van der Waals surface area contributed by atoms with Crippen LogP contribution >= 0.6 is 0 Å². The van der Waals surface area contributed by atoms with Crippen LogP contribution in [0.3, 0.4) is 0 Å². The highest BCUT2D eigenvalue weighted by Gasteiger charge is 2.19. The summed E-state index contributed by atoms with van der Waals surface area (Å²) >= 11 is 0. The van der Waals surface area contributed by atoms with Crippen LogP contribution in [0.15, 0.2) is 18.2 Å². The van der Waals surface area contributed by atoms with Gasteiger partial charge in [0.15, 0.2) is 5.75 Å². The zero-order chi connectivity index (χ0) is 11.4. The minimum atomic E-state index is 0.391. The number of hydrogen-bond acceptors (Lipinski definition) is 4. The lowest BCUT2D eigenvalue weighted by Crippen LogP contribution is -2.32. The van der Waals surface area contributed by atoms with Crippen LogP contribution in [0, 0.1) is 0 Å². The number of nitrogen functional groups attached to an aromatic ring is 1. The van der Waals surface area contributed by atoms with Crippen molar-refractivity contribution in [1.29, 1.82) is 0 Å². The maximum atomic E-state index is 5.83. The quantitative estimate of drug-likeness (QED) is 0.532. The number of fused-ring (bicyclic) bond motifs is 1. The normalized spacial score (nSPS) is 18.4. The van der Waals surface area contributed by atoms with Crippen LogP contribution in [0.25, 0.3) is 0 Å². The van der Waals surface area contributed by atoms with Crippen molar-refractivity contribution < 1.29 is 4.74 Å². The predicted molar refractivity (Wildman–Crippen MR) is 66.9 cm³/mol. The first kappa shape index (κ1) is 11.1. The molecule has 0 saturated heterocycles. The fraction of sp³-hybridized carbons (Fsp3) is 0.500. The van der Waals surface area contributed by atoms with E-state index in [0.717, 1.165) is 30.8 Å². The number of anilines is 2. The molecule has 0 bridgehead atoms. The molecule has 1 aromatic carbocycles. The maximum Gasteiger partial charge on any atom is 0.165 e. The maximum absolute atomic E-state index is 5.83. The second-order valence-corrected chi connectivity index (χ2v) is 4.12. The summed E-state index contributed by atoms with van der Waals surface area (Å²) < 4.78 is 5.69. The molecule has 1 aliphatic rings. The van der Waals surface area contributed by atoms with Crippen molar-refractivity contribution in [3.8, 4) is 5.75 Å². The highest BCUT2D eigenvalue weighted by molar-refractivity contribution is 5.70. The van der Waals surface area contributed by atoms with Crippen molar-refractivity contribution in [3.63, 3.8) is 0 Å². The lowest BCUT2D eigenvalue weighted by Gasteiger charge is -2.28. The first-order valence-electron chi connectivity index (χ1n) is 5.73. The predicted octanol–water partition coefficient (Wildman–Crippen LogP) is 1.44. The average Bonchev–Trinajstić information content (AvgIpc) is 2.30. The van der Waals surface area contributed by atoms with E-state index in [2.05, 4.69) is 10.6 Å². The van der Waals surface area contributed by atoms with E-state index in [1.807, 2.05) is 25.2 Å². The Hall–Kier alpha value is -1.42. The van der Waals surface area contributed by atoms with E-state index in [1.165, 1.54) is 0 Å². The molecule has 1 aliphatic heterocycles. The van der Waals surface area contributed by atoms with Crippen molar-refractivity contribution in [2.75, 3.05) is 31.2 Å². The van der Waals surface area contributed by atoms with Gasteiger partial charge in [0.25, 0.3) is 0 Å². The van der Waals surface area contributed by atoms with Gasteiger partial charge in [-0.2, -0.15) is 0 Å². The minimum absolute atomic E-state index is 0.391. The summed E-state index contributed by atoms with van der Waals surface area (Å²) in [7, 11) is 1.97. The third kappa shape index (κ3) is 2.39. The molecular weight excluding hydrogens is 202 g/mol. The summed E-state index contributed by atoms with van der Waals surface area (Å²) in [6, 6.07) is 6.21. The zero-order valence-electron chi connectivity index (χ0n) is 9.62. The van der Waals surface area contributed by atoms with Crippen LogP contribution in [0.4, 0.5) is 11.4 Å². The molecule has 1 heterocycles. The third-order valence-electron chi connectivity index (χ3n) is 2.81. The fourth-order valence-electron chi connectivity index (χ4n) is 1.96. The van der Waals surface area contributed by atoms with Crippen molar-refractivity contribution in [1.82, 2.24) is 5.32 Å². The molecule has 4 heteroatoms. The van der Waals surface area contributed by atoms with Gasteiger partial charge in [0.1, 0.15) is 6.61 Å². The Morgan fingerprint density at radius 1 is 1.56 bits per heavy atom. The van der Waals surface area contributed by atoms with Gasteiger partial charge in [-0.15, -0.1) is 0 Å². The van der Waals surface area contributed by atoms with Gasteiger partial charge in [-0.1, -0.05) is 6.07 Å². The zero-order valence-corrected chi connectivity index (χ0v) is 9.62. The number of para-hydroxylation sites is 1. The van der Waals surface area contributed by atoms with E-state index in [4.69, 9.17) is 10.5 Å². The van der Waals surface area contributed by atoms with Gasteiger partial charge in [0, 0.05) is 0 Å². The van der Waals surface area contributed by atoms with Crippen LogP contribution in [0.1, 0.15) is 12.8 Å². The summed E-state index contributed by atoms with van der Waals surface area (Å²) in [4.78, 5) is 0. The van der Waals surface area contributed by atoms with Crippen molar-refractivity contribution >= 4 is 11.4 Å². The molecule has 0 fully saturated rings. The number of rotatable bonds is 4. The van der Waals surface area contributed by atoms with Gasteiger partial charge in [-0.05, 0) is 38.6 Å². The molecule has 1 unspecified atom stereocenters. The van der Waals surface area contributed by atoms with Crippen LogP contribution in [-0.4, -0.2) is 26.2 Å². The Morgan fingerprint density at radius 3 is 3.25 bits per heavy atom. The standard InChI is InChI=1S/C12H19N3O/c1-14-7-3-4-9-8-16-12-10(13)5-2-6-11(12)15-9/h2,5-6,9,14-15H,3-4,7-8,13H2,1H3. The molecule has 0 amide bonds. The van der Waals surface area contributed by atoms with Crippen LogP contribution in [-0.2, 0) is 0 Å². The van der Waals surface area contributed by atoms with E-state index in [1.54, 1.807) is 0 Å². The molecule has 0 radical (unpaired) electrons. The Bertz CT molecular complexity index is 354. The molecule has 1 atom stereocenters. The van der Waals surface area contributed by atoms with E-state index in [9.17, 15) is 0 Å². The first-order chi connectivity index (χ1) is 7.81. The largest absolute Gasteiger partial charge is 0.487 e. The molecule has 16 heavy (non-hydrogen) atoms. The molecular formula is C12H19N3O. The SMILES string of the molecule is CNCCCC1COc2c(N)cccc2N1. The third-order valence-corrected chi connectivity index (χ3v) is 2.81. The van der Waals surface area contributed by atoms with Crippen LogP contribution in [0.2, 0.25) is 0 Å². The Morgan fingerprint density at radius 2 is 2.44 bits per heavy atom. The van der Waals surface area contributed by atoms with Gasteiger partial charge in [0.05, 0.1) is 17.4 Å². The van der Waals surface area contributed by atoms with Gasteiger partial charge in [-0.3, -0.25) is 0 Å². The summed E-state index contributed by atoms with van der Waals surface area (Å²) in [6.45, 7) is 1.74. The number of ether oxygens (including phenoxy) is 1. The summed E-state index contributed by atoms with van der Waals surface area (Å²) in [6.07, 6.45) is 2.25. The minimum Gasteiger partial charge on any atom is -0.487 e. The van der Waals surface area contributed by atoms with Crippen LogP contribution in [0.5, 0.6) is 5.75 Å². The molecule has 4 N–H and O–H groups in total. The van der Waals surface area contributed by atoms with Gasteiger partial charge < -0.3 is 21.1 Å². The van der Waals surface area contributed by atoms with Gasteiger partial charge in [-0.25, -0.2) is 0 Å². The lowest BCUT2D eigenvalue weighted by atomic mass is 10.1. The van der Waals surface area contributed by atoms with Crippen LogP contribution < -0.4 is 21.1 Å². The number of nitrogens with one attached hydrogen (secondary N) is 2. The first-order valence-corrected chi connectivity index (χ1v) is 5.73. The number of nitrogens with two attached hydrogens (primary N) is 1. The molecule has 0 aliphatic carbocycles. The van der Waals surface area contributed by atoms with Crippen molar-refractivity contribution in [2.24, 2.45) is 0 Å². The summed E-state index contributed by atoms with van der Waals surface area (Å²) in [5, 5.41) is 6.61. The van der Waals surface area contributed by atoms with E-state index in [0.29, 0.717) is 18.3 Å². The van der Waals surface area contributed by atoms with E-state index in [-0.39, 0.29) is 0 Å². The Labute approximate surface area is 96.2 Å². The Balaban J connectivity index is 1.96. The second-order valence-electron chi connectivity index (χ2n) is 4.12. The highest BCUT2D eigenvalue weighted by Crippen LogP contribution is 2.34. The van der Waals surface area contributed by atoms with Crippen molar-refractivity contribution in [3.05, 3.63) is 18.2 Å². The monoisotopic (exact) mass is 221 g/mol. The molecule has 0 saturated carbocycles. The molecule has 0 spiro atoms. The summed E-state index contributed by atoms with van der Waals surface area (Å²) in [5.74, 6) is 0.798. The molecule has 0 aromatic heterocycles. The molecule has 2 rings (SSSR count). The highest BCUT2D eigenvalue weighted by atomic mass is 16.5. The molecule has 88 valence electrons. The topological polar surface area (TPSA) is 59.3 Å². The number of hydrogen-bond donors (Lipinski definition) is 3. The number of benzene rings is 1. The van der Waals surface area contributed by atoms with E-state index < -0.39 is 0 Å². The molecule has 4 nitrogen and oxygen atoms in total. The lowest BCUT2D eigenvalue weighted by molar-refractivity contribution is 0.278. The smallest absolute Gasteiger partial charge is 0.165 e.